The zero-order valence-corrected chi connectivity index (χ0v) is 11.1. The van der Waals surface area contributed by atoms with Crippen LogP contribution >= 0.6 is 0 Å². The lowest BCUT2D eigenvalue weighted by Gasteiger charge is -2.22. The Bertz CT molecular complexity index is 520. The molecule has 0 radical (unpaired) electrons. The van der Waals surface area contributed by atoms with E-state index >= 15 is 0 Å². The SMILES string of the molecule is COC(=O)C1CC(O)CN1C(=O)Cc1ccccc1F. The molecule has 108 valence electrons. The minimum Gasteiger partial charge on any atom is -0.467 e. The Kier molecular flexibility index (Phi) is 4.34. The fourth-order valence-corrected chi connectivity index (χ4v) is 2.36. The molecule has 0 aromatic heterocycles. The molecule has 1 fully saturated rings. The standard InChI is InChI=1S/C14H16FNO4/c1-20-14(19)12-7-10(17)8-16(12)13(18)6-9-4-2-3-5-11(9)15/h2-5,10,12,17H,6-8H2,1H3. The molecule has 1 N–H and O–H groups in total. The van der Waals surface area contributed by atoms with Crippen LogP contribution in [-0.2, 0) is 20.7 Å². The summed E-state index contributed by atoms with van der Waals surface area (Å²) >= 11 is 0. The number of carbonyl (C=O) groups is 2. The quantitative estimate of drug-likeness (QED) is 0.819. The Morgan fingerprint density at radius 1 is 1.45 bits per heavy atom. The van der Waals surface area contributed by atoms with Gasteiger partial charge in [-0.1, -0.05) is 18.2 Å². The second-order valence-electron chi connectivity index (χ2n) is 4.74. The van der Waals surface area contributed by atoms with Gasteiger partial charge in [-0.15, -0.1) is 0 Å². The Hall–Kier alpha value is -1.95. The normalized spacial score (nSPS) is 21.9. The van der Waals surface area contributed by atoms with Crippen molar-refractivity contribution in [3.8, 4) is 0 Å². The number of carbonyl (C=O) groups excluding carboxylic acids is 2. The molecule has 1 aliphatic heterocycles. The van der Waals surface area contributed by atoms with E-state index in [9.17, 15) is 19.1 Å². The first-order valence-electron chi connectivity index (χ1n) is 6.31. The van der Waals surface area contributed by atoms with Gasteiger partial charge in [0, 0.05) is 13.0 Å². The lowest BCUT2D eigenvalue weighted by molar-refractivity contribution is -0.150. The highest BCUT2D eigenvalue weighted by Crippen LogP contribution is 2.21. The number of likely N-dealkylation sites (tertiary alicyclic amines) is 1. The Balaban J connectivity index is 2.11. The van der Waals surface area contributed by atoms with Gasteiger partial charge in [-0.05, 0) is 11.6 Å². The molecule has 1 aliphatic rings. The van der Waals surface area contributed by atoms with Crippen molar-refractivity contribution in [3.63, 3.8) is 0 Å². The van der Waals surface area contributed by atoms with E-state index in [1.165, 1.54) is 24.1 Å². The summed E-state index contributed by atoms with van der Waals surface area (Å²) < 4.78 is 18.1. The molecule has 0 aliphatic carbocycles. The first-order chi connectivity index (χ1) is 9.52. The third kappa shape index (κ3) is 2.96. The molecule has 5 nitrogen and oxygen atoms in total. The number of aliphatic hydroxyl groups excluding tert-OH is 1. The summed E-state index contributed by atoms with van der Waals surface area (Å²) in [5, 5.41) is 9.61. The maximum atomic E-state index is 13.5. The molecular weight excluding hydrogens is 265 g/mol. The average Bonchev–Trinajstić information content (AvgIpc) is 2.82. The number of halogens is 1. The van der Waals surface area contributed by atoms with Crippen LogP contribution in [-0.4, -0.2) is 47.7 Å². The van der Waals surface area contributed by atoms with Crippen molar-refractivity contribution in [2.45, 2.75) is 25.0 Å². The Labute approximate surface area is 116 Å². The van der Waals surface area contributed by atoms with Crippen LogP contribution in [0.25, 0.3) is 0 Å². The monoisotopic (exact) mass is 281 g/mol. The van der Waals surface area contributed by atoms with E-state index in [0.717, 1.165) is 0 Å². The van der Waals surface area contributed by atoms with Crippen LogP contribution in [0.2, 0.25) is 0 Å². The molecule has 0 bridgehead atoms. The average molecular weight is 281 g/mol. The predicted octanol–water partition coefficient (Wildman–Crippen LogP) is 0.503. The van der Waals surface area contributed by atoms with E-state index in [-0.39, 0.29) is 24.9 Å². The second-order valence-corrected chi connectivity index (χ2v) is 4.74. The number of nitrogens with zero attached hydrogens (tertiary/aromatic N) is 1. The van der Waals surface area contributed by atoms with Gasteiger partial charge in [-0.2, -0.15) is 0 Å². The number of ether oxygens (including phenoxy) is 1. The molecule has 2 unspecified atom stereocenters. The number of hydrogen-bond acceptors (Lipinski definition) is 4. The molecule has 1 heterocycles. The highest BCUT2D eigenvalue weighted by Gasteiger charge is 2.39. The topological polar surface area (TPSA) is 66.8 Å². The number of amides is 1. The highest BCUT2D eigenvalue weighted by molar-refractivity contribution is 5.86. The van der Waals surface area contributed by atoms with Crippen LogP contribution in [0.3, 0.4) is 0 Å². The lowest BCUT2D eigenvalue weighted by atomic mass is 10.1. The number of methoxy groups -OCH3 is 1. The molecule has 6 heteroatoms. The molecule has 0 saturated carbocycles. The van der Waals surface area contributed by atoms with Crippen molar-refractivity contribution in [2.75, 3.05) is 13.7 Å². The summed E-state index contributed by atoms with van der Waals surface area (Å²) in [4.78, 5) is 25.0. The number of benzene rings is 1. The zero-order valence-electron chi connectivity index (χ0n) is 11.1. The lowest BCUT2D eigenvalue weighted by Crippen LogP contribution is -2.42. The first-order valence-corrected chi connectivity index (χ1v) is 6.31. The van der Waals surface area contributed by atoms with Crippen molar-refractivity contribution in [3.05, 3.63) is 35.6 Å². The van der Waals surface area contributed by atoms with E-state index in [0.29, 0.717) is 0 Å². The number of β-amino-alcohol motifs (C(OH)–C–C–N with tert-alkyl or cyclic N) is 1. The van der Waals surface area contributed by atoms with Crippen LogP contribution in [0.1, 0.15) is 12.0 Å². The third-order valence-corrected chi connectivity index (χ3v) is 3.37. The molecular formula is C14H16FNO4. The van der Waals surface area contributed by atoms with Crippen molar-refractivity contribution in [1.82, 2.24) is 4.90 Å². The smallest absolute Gasteiger partial charge is 0.328 e. The Morgan fingerprint density at radius 3 is 2.80 bits per heavy atom. The van der Waals surface area contributed by atoms with Gasteiger partial charge in [0.2, 0.25) is 5.91 Å². The van der Waals surface area contributed by atoms with Crippen molar-refractivity contribution < 1.29 is 23.8 Å². The van der Waals surface area contributed by atoms with Crippen LogP contribution in [0.4, 0.5) is 4.39 Å². The van der Waals surface area contributed by atoms with Gasteiger partial charge >= 0.3 is 5.97 Å². The van der Waals surface area contributed by atoms with E-state index in [2.05, 4.69) is 4.74 Å². The van der Waals surface area contributed by atoms with E-state index in [4.69, 9.17) is 0 Å². The highest BCUT2D eigenvalue weighted by atomic mass is 19.1. The predicted molar refractivity (Wildman–Crippen MR) is 68.2 cm³/mol. The summed E-state index contributed by atoms with van der Waals surface area (Å²) in [7, 11) is 1.23. The van der Waals surface area contributed by atoms with Crippen molar-refractivity contribution in [1.29, 1.82) is 0 Å². The van der Waals surface area contributed by atoms with Gasteiger partial charge in [0.05, 0.1) is 19.6 Å². The zero-order chi connectivity index (χ0) is 14.7. The van der Waals surface area contributed by atoms with Crippen LogP contribution in [0.15, 0.2) is 24.3 Å². The number of rotatable bonds is 3. The number of aliphatic hydroxyl groups is 1. The van der Waals surface area contributed by atoms with Crippen molar-refractivity contribution >= 4 is 11.9 Å². The molecule has 1 aromatic rings. The largest absolute Gasteiger partial charge is 0.467 e. The minimum atomic E-state index is -0.797. The summed E-state index contributed by atoms with van der Waals surface area (Å²) in [6, 6.07) is 5.18. The fraction of sp³-hybridized carbons (Fsp3) is 0.429. The molecule has 0 spiro atoms. The van der Waals surface area contributed by atoms with E-state index in [1.54, 1.807) is 12.1 Å². The fourth-order valence-electron chi connectivity index (χ4n) is 2.36. The van der Waals surface area contributed by atoms with Gasteiger partial charge in [0.15, 0.2) is 0 Å². The molecule has 1 amide bonds. The van der Waals surface area contributed by atoms with E-state index in [1.807, 2.05) is 0 Å². The maximum absolute atomic E-state index is 13.5. The molecule has 20 heavy (non-hydrogen) atoms. The summed E-state index contributed by atoms with van der Waals surface area (Å²) in [6.07, 6.45) is -0.758. The number of esters is 1. The summed E-state index contributed by atoms with van der Waals surface area (Å²) in [6.45, 7) is 0.0626. The van der Waals surface area contributed by atoms with Gasteiger partial charge in [-0.25, -0.2) is 9.18 Å². The van der Waals surface area contributed by atoms with Gasteiger partial charge < -0.3 is 14.7 Å². The summed E-state index contributed by atoms with van der Waals surface area (Å²) in [5.41, 5.74) is 0.266. The molecule has 1 aromatic carbocycles. The van der Waals surface area contributed by atoms with Gasteiger partial charge in [0.1, 0.15) is 11.9 Å². The third-order valence-electron chi connectivity index (χ3n) is 3.37. The number of hydrogen-bond donors (Lipinski definition) is 1. The minimum absolute atomic E-state index is 0.0626. The van der Waals surface area contributed by atoms with E-state index < -0.39 is 29.8 Å². The van der Waals surface area contributed by atoms with Crippen LogP contribution in [0.5, 0.6) is 0 Å². The van der Waals surface area contributed by atoms with Crippen LogP contribution in [0, 0.1) is 5.82 Å². The first kappa shape index (κ1) is 14.5. The van der Waals surface area contributed by atoms with Gasteiger partial charge in [0.25, 0.3) is 0 Å². The molecule has 2 atom stereocenters. The molecule has 2 rings (SSSR count). The summed E-state index contributed by atoms with van der Waals surface area (Å²) in [5.74, 6) is -1.43. The second kappa shape index (κ2) is 6.00. The van der Waals surface area contributed by atoms with Gasteiger partial charge in [-0.3, -0.25) is 4.79 Å². The Morgan fingerprint density at radius 2 is 2.15 bits per heavy atom. The maximum Gasteiger partial charge on any atom is 0.328 e. The van der Waals surface area contributed by atoms with Crippen molar-refractivity contribution in [2.24, 2.45) is 0 Å². The van der Waals surface area contributed by atoms with Crippen LogP contribution < -0.4 is 0 Å². The molecule has 1 saturated heterocycles.